The van der Waals surface area contributed by atoms with Crippen LogP contribution in [0.4, 0.5) is 0 Å². The van der Waals surface area contributed by atoms with Crippen molar-refractivity contribution in [2.45, 2.75) is 63.8 Å². The maximum atomic E-state index is 14.2. The van der Waals surface area contributed by atoms with Gasteiger partial charge in [-0.15, -0.1) is 0 Å². The van der Waals surface area contributed by atoms with E-state index in [1.54, 1.807) is 52.1 Å². The Hall–Kier alpha value is -3.93. The van der Waals surface area contributed by atoms with Crippen LogP contribution in [0.25, 0.3) is 0 Å². The first-order valence-electron chi connectivity index (χ1n) is 14.8. The second-order valence-corrected chi connectivity index (χ2v) is 12.5. The van der Waals surface area contributed by atoms with E-state index in [2.05, 4.69) is 26.8 Å². The van der Waals surface area contributed by atoms with Gasteiger partial charge in [0.1, 0.15) is 17.1 Å². The molecule has 45 heavy (non-hydrogen) atoms. The van der Waals surface area contributed by atoms with Crippen molar-refractivity contribution in [2.75, 3.05) is 20.3 Å². The number of amides is 1. The number of benzene rings is 3. The van der Waals surface area contributed by atoms with Gasteiger partial charge in [-0.25, -0.2) is 10.4 Å². The number of nitrogens with zero attached hydrogens (tertiary/aromatic N) is 1. The summed E-state index contributed by atoms with van der Waals surface area (Å²) in [5.74, 6) is 0.733. The van der Waals surface area contributed by atoms with E-state index < -0.39 is 29.1 Å². The second kappa shape index (κ2) is 15.4. The molecule has 2 atom stereocenters. The van der Waals surface area contributed by atoms with Gasteiger partial charge in [-0.3, -0.25) is 15.0 Å². The first kappa shape index (κ1) is 34.0. The van der Waals surface area contributed by atoms with Crippen molar-refractivity contribution in [2.24, 2.45) is 4.99 Å². The Labute approximate surface area is 272 Å². The number of aliphatic imine (C=N–C) groups is 1. The first-order chi connectivity index (χ1) is 21.5. The normalized spacial score (nSPS) is 17.6. The third-order valence-corrected chi connectivity index (χ3v) is 7.52. The molecule has 0 saturated heterocycles. The lowest BCUT2D eigenvalue weighted by Crippen LogP contribution is -2.52. The lowest BCUT2D eigenvalue weighted by Gasteiger charge is -2.31. The Morgan fingerprint density at radius 3 is 2.29 bits per heavy atom. The summed E-state index contributed by atoms with van der Waals surface area (Å²) in [4.78, 5) is 32.0. The molecule has 1 aliphatic rings. The molecule has 0 aliphatic carbocycles. The van der Waals surface area contributed by atoms with Crippen LogP contribution in [0, 0.1) is 0 Å². The largest absolute Gasteiger partial charge is 0.497 e. The highest BCUT2D eigenvalue weighted by atomic mass is 79.9. The Morgan fingerprint density at radius 1 is 1.00 bits per heavy atom. The molecule has 0 bridgehead atoms. The highest BCUT2D eigenvalue weighted by molar-refractivity contribution is 9.10. The average molecular weight is 683 g/mol. The van der Waals surface area contributed by atoms with Crippen molar-refractivity contribution >= 4 is 33.7 Å². The van der Waals surface area contributed by atoms with Gasteiger partial charge in [0.2, 0.25) is 5.90 Å². The third-order valence-electron chi connectivity index (χ3n) is 6.99. The van der Waals surface area contributed by atoms with Crippen LogP contribution >= 0.6 is 15.9 Å². The number of esters is 1. The molecule has 1 amide bonds. The number of rotatable bonds is 14. The van der Waals surface area contributed by atoms with E-state index in [4.69, 9.17) is 29.0 Å². The minimum atomic E-state index is -1.51. The van der Waals surface area contributed by atoms with Crippen molar-refractivity contribution in [3.05, 3.63) is 94.0 Å². The summed E-state index contributed by atoms with van der Waals surface area (Å²) in [6.45, 7) is 6.17. The predicted octanol–water partition coefficient (Wildman–Crippen LogP) is 5.42. The number of carbonyl (C=O) groups excluding carboxylic acids is 2. The molecular weight excluding hydrogens is 642 g/mol. The van der Waals surface area contributed by atoms with Crippen LogP contribution in [0.5, 0.6) is 11.5 Å². The Kier molecular flexibility index (Phi) is 11.6. The zero-order valence-electron chi connectivity index (χ0n) is 26.0. The van der Waals surface area contributed by atoms with Crippen LogP contribution in [-0.2, 0) is 25.6 Å². The summed E-state index contributed by atoms with van der Waals surface area (Å²) >= 11 is 3.48. The fraction of sp³-hybridized carbons (Fsp3) is 0.382. The van der Waals surface area contributed by atoms with Crippen LogP contribution in [0.2, 0.25) is 0 Å². The van der Waals surface area contributed by atoms with E-state index in [9.17, 15) is 9.59 Å². The molecule has 0 radical (unpaired) electrons. The van der Waals surface area contributed by atoms with Gasteiger partial charge in [0.25, 0.3) is 5.91 Å². The molecule has 10 nitrogen and oxygen atoms in total. The molecule has 11 heteroatoms. The highest BCUT2D eigenvalue weighted by Gasteiger charge is 2.53. The summed E-state index contributed by atoms with van der Waals surface area (Å²) < 4.78 is 23.8. The highest BCUT2D eigenvalue weighted by Crippen LogP contribution is 2.43. The van der Waals surface area contributed by atoms with Gasteiger partial charge in [0, 0.05) is 36.0 Å². The smallest absolute Gasteiger partial charge is 0.306 e. The van der Waals surface area contributed by atoms with Crippen molar-refractivity contribution < 1.29 is 33.6 Å². The van der Waals surface area contributed by atoms with E-state index in [0.717, 1.165) is 21.3 Å². The quantitative estimate of drug-likeness (QED) is 0.117. The minimum absolute atomic E-state index is 0.0323. The maximum absolute atomic E-state index is 14.2. The number of hydrogen-bond acceptors (Lipinski definition) is 9. The molecule has 0 unspecified atom stereocenters. The maximum Gasteiger partial charge on any atom is 0.306 e. The van der Waals surface area contributed by atoms with Gasteiger partial charge in [-0.05, 0) is 86.8 Å². The third kappa shape index (κ3) is 9.29. The molecule has 0 saturated carbocycles. The van der Waals surface area contributed by atoms with Crippen molar-refractivity contribution in [1.82, 2.24) is 10.9 Å². The molecule has 0 fully saturated rings. The van der Waals surface area contributed by atoms with Crippen molar-refractivity contribution in [1.29, 1.82) is 0 Å². The average Bonchev–Trinajstić information content (AvgIpc) is 3.41. The zero-order valence-corrected chi connectivity index (χ0v) is 27.6. The standard InChI is InChI=1S/C34H40BrN3O7/c1-33(2,3)45-29(40)18-19-34(32(41)38-36-22-23-6-14-27(42-4)15-7-23)30(24-8-12-26(35)13-9-24)44-31(37-34)25-10-16-28(17-11-25)43-21-5-20-39/h6-17,30,36,39H,5,18-22H2,1-4H3,(H,38,41)/t30-,34-/m0/s1. The predicted molar refractivity (Wildman–Crippen MR) is 174 cm³/mol. The monoisotopic (exact) mass is 681 g/mol. The van der Waals surface area contributed by atoms with Crippen LogP contribution in [-0.4, -0.2) is 54.3 Å². The van der Waals surface area contributed by atoms with Gasteiger partial charge in [-0.2, -0.15) is 0 Å². The van der Waals surface area contributed by atoms with Crippen LogP contribution in [0.1, 0.15) is 62.8 Å². The van der Waals surface area contributed by atoms with E-state index in [-0.39, 0.29) is 25.3 Å². The van der Waals surface area contributed by atoms with E-state index in [1.807, 2.05) is 48.5 Å². The van der Waals surface area contributed by atoms with Crippen molar-refractivity contribution in [3.8, 4) is 11.5 Å². The lowest BCUT2D eigenvalue weighted by molar-refractivity contribution is -0.155. The number of methoxy groups -OCH3 is 1. The van der Waals surface area contributed by atoms with Crippen LogP contribution in [0.3, 0.4) is 0 Å². The number of ether oxygens (including phenoxy) is 4. The van der Waals surface area contributed by atoms with E-state index >= 15 is 0 Å². The summed E-state index contributed by atoms with van der Waals surface area (Å²) in [6.07, 6.45) is -0.349. The van der Waals surface area contributed by atoms with Gasteiger partial charge in [0.05, 0.1) is 13.7 Å². The molecule has 1 aliphatic heterocycles. The van der Waals surface area contributed by atoms with Gasteiger partial charge < -0.3 is 24.1 Å². The van der Waals surface area contributed by atoms with Gasteiger partial charge in [0.15, 0.2) is 11.6 Å². The van der Waals surface area contributed by atoms with E-state index in [0.29, 0.717) is 30.9 Å². The second-order valence-electron chi connectivity index (χ2n) is 11.6. The molecule has 0 spiro atoms. The van der Waals surface area contributed by atoms with Crippen LogP contribution in [0.15, 0.2) is 82.3 Å². The fourth-order valence-corrected chi connectivity index (χ4v) is 5.04. The van der Waals surface area contributed by atoms with E-state index in [1.165, 1.54) is 0 Å². The zero-order chi connectivity index (χ0) is 32.5. The number of hydrazine groups is 1. The molecule has 3 aromatic rings. The molecule has 3 N–H and O–H groups in total. The Balaban J connectivity index is 1.66. The lowest BCUT2D eigenvalue weighted by atomic mass is 9.83. The summed E-state index contributed by atoms with van der Waals surface area (Å²) in [7, 11) is 1.60. The summed E-state index contributed by atoms with van der Waals surface area (Å²) in [6, 6.07) is 22.1. The number of carbonyl (C=O) groups is 2. The summed E-state index contributed by atoms with van der Waals surface area (Å²) in [5, 5.41) is 9.04. The van der Waals surface area contributed by atoms with Crippen LogP contribution < -0.4 is 20.3 Å². The number of aliphatic hydroxyl groups excluding tert-OH is 1. The Bertz CT molecular complexity index is 1460. The molecule has 3 aromatic carbocycles. The SMILES string of the molecule is COc1ccc(CNNC(=O)[C@@]2(CCC(=O)OC(C)(C)C)N=C(c3ccc(OCCCO)cc3)O[C@H]2c2ccc(Br)cc2)cc1. The van der Waals surface area contributed by atoms with Gasteiger partial charge in [-0.1, -0.05) is 40.2 Å². The number of aliphatic hydroxyl groups is 1. The number of nitrogens with one attached hydrogen (secondary N) is 2. The first-order valence-corrected chi connectivity index (χ1v) is 15.6. The topological polar surface area (TPSA) is 128 Å². The fourth-order valence-electron chi connectivity index (χ4n) is 4.77. The molecule has 240 valence electrons. The molecular formula is C34H40BrN3O7. The molecule has 1 heterocycles. The molecule has 0 aromatic heterocycles. The van der Waals surface area contributed by atoms with Gasteiger partial charge >= 0.3 is 5.97 Å². The van der Waals surface area contributed by atoms with Crippen molar-refractivity contribution in [3.63, 3.8) is 0 Å². The minimum Gasteiger partial charge on any atom is -0.497 e. The molecule has 4 rings (SSSR count). The summed E-state index contributed by atoms with van der Waals surface area (Å²) in [5.41, 5.74) is 5.93. The Morgan fingerprint density at radius 2 is 1.67 bits per heavy atom. The number of hydrogen-bond donors (Lipinski definition) is 3. The number of halogens is 1.